The van der Waals surface area contributed by atoms with Gasteiger partial charge in [-0.05, 0) is 19.1 Å². The third-order valence-electron chi connectivity index (χ3n) is 2.48. The number of hydrogen-bond acceptors (Lipinski definition) is 6. The van der Waals surface area contributed by atoms with E-state index in [1.165, 1.54) is 23.1 Å². The van der Waals surface area contributed by atoms with E-state index in [0.717, 1.165) is 0 Å². The number of halogens is 2. The van der Waals surface area contributed by atoms with Gasteiger partial charge in [0.05, 0.1) is 21.0 Å². The van der Waals surface area contributed by atoms with E-state index in [0.29, 0.717) is 25.2 Å². The normalized spacial score (nSPS) is 12.0. The van der Waals surface area contributed by atoms with Crippen LogP contribution in [0.3, 0.4) is 0 Å². The number of benzene rings is 1. The van der Waals surface area contributed by atoms with Crippen molar-refractivity contribution < 1.29 is 4.79 Å². The molecule has 0 radical (unpaired) electrons. The predicted molar refractivity (Wildman–Crippen MR) is 89.9 cm³/mol. The summed E-state index contributed by atoms with van der Waals surface area (Å²) in [6, 6.07) is 5.06. The van der Waals surface area contributed by atoms with E-state index in [2.05, 4.69) is 20.8 Å². The number of amides is 1. The summed E-state index contributed by atoms with van der Waals surface area (Å²) < 4.78 is 0.715. The SMILES string of the molecule is CNc1nnc(S[C@@H](C)C(=O)Nc2c(Cl)cccc2Cl)s1. The second kappa shape index (κ2) is 7.31. The number of thioether (sulfide) groups is 1. The lowest BCUT2D eigenvalue weighted by atomic mass is 10.3. The van der Waals surface area contributed by atoms with Gasteiger partial charge in [-0.1, -0.05) is 52.4 Å². The Balaban J connectivity index is 2.02. The lowest BCUT2D eigenvalue weighted by Crippen LogP contribution is -2.22. The number of carbonyl (C=O) groups excluding carboxylic acids is 1. The minimum absolute atomic E-state index is 0.198. The number of rotatable bonds is 5. The fraction of sp³-hybridized carbons (Fsp3) is 0.250. The molecule has 5 nitrogen and oxygen atoms in total. The van der Waals surface area contributed by atoms with Crippen LogP contribution in [-0.2, 0) is 4.79 Å². The number of para-hydroxylation sites is 1. The lowest BCUT2D eigenvalue weighted by molar-refractivity contribution is -0.115. The van der Waals surface area contributed by atoms with Gasteiger partial charge in [0.2, 0.25) is 11.0 Å². The van der Waals surface area contributed by atoms with E-state index in [4.69, 9.17) is 23.2 Å². The highest BCUT2D eigenvalue weighted by Gasteiger charge is 2.19. The maximum atomic E-state index is 12.2. The van der Waals surface area contributed by atoms with Crippen molar-refractivity contribution in [3.63, 3.8) is 0 Å². The zero-order chi connectivity index (χ0) is 15.4. The molecule has 0 unspecified atom stereocenters. The van der Waals surface area contributed by atoms with Crippen LogP contribution in [0.2, 0.25) is 10.0 Å². The lowest BCUT2D eigenvalue weighted by Gasteiger charge is -2.12. The van der Waals surface area contributed by atoms with Gasteiger partial charge in [-0.2, -0.15) is 0 Å². The molecule has 2 rings (SSSR count). The Labute approximate surface area is 140 Å². The zero-order valence-electron chi connectivity index (χ0n) is 11.2. The number of hydrogen-bond donors (Lipinski definition) is 2. The average molecular weight is 363 g/mol. The second-order valence-corrected chi connectivity index (χ2v) is 7.35. The molecule has 1 aromatic carbocycles. The first kappa shape index (κ1) is 16.4. The van der Waals surface area contributed by atoms with E-state index in [1.807, 2.05) is 0 Å². The third kappa shape index (κ3) is 4.23. The van der Waals surface area contributed by atoms with Crippen LogP contribution in [0, 0.1) is 0 Å². The van der Waals surface area contributed by atoms with Gasteiger partial charge in [0.25, 0.3) is 0 Å². The highest BCUT2D eigenvalue weighted by Crippen LogP contribution is 2.32. The molecule has 1 aromatic heterocycles. The topological polar surface area (TPSA) is 66.9 Å². The maximum Gasteiger partial charge on any atom is 0.237 e. The molecule has 0 bridgehead atoms. The van der Waals surface area contributed by atoms with Crippen LogP contribution in [0.15, 0.2) is 22.5 Å². The van der Waals surface area contributed by atoms with Crippen LogP contribution < -0.4 is 10.6 Å². The summed E-state index contributed by atoms with van der Waals surface area (Å²) in [5.41, 5.74) is 0.423. The third-order valence-corrected chi connectivity index (χ3v) is 5.23. The van der Waals surface area contributed by atoms with Crippen LogP contribution in [0.25, 0.3) is 0 Å². The van der Waals surface area contributed by atoms with Crippen molar-refractivity contribution in [2.45, 2.75) is 16.5 Å². The largest absolute Gasteiger partial charge is 0.363 e. The molecule has 2 aromatic rings. The standard InChI is InChI=1S/C12H12Cl2N4OS2/c1-6(20-12-18-17-11(15-2)21-12)10(19)16-9-7(13)4-3-5-8(9)14/h3-6H,1-2H3,(H,15,17)(H,16,19)/t6-/m0/s1. The smallest absolute Gasteiger partial charge is 0.237 e. The van der Waals surface area contributed by atoms with Gasteiger partial charge in [-0.3, -0.25) is 4.79 Å². The van der Waals surface area contributed by atoms with Crippen molar-refractivity contribution in [1.29, 1.82) is 0 Å². The molecule has 0 saturated carbocycles. The molecule has 112 valence electrons. The van der Waals surface area contributed by atoms with Crippen molar-refractivity contribution in [2.75, 3.05) is 17.7 Å². The predicted octanol–water partition coefficient (Wildman–Crippen LogP) is 4.01. The molecule has 2 N–H and O–H groups in total. The Bertz CT molecular complexity index is 630. The number of aromatic nitrogens is 2. The van der Waals surface area contributed by atoms with Crippen molar-refractivity contribution in [2.24, 2.45) is 0 Å². The van der Waals surface area contributed by atoms with Crippen molar-refractivity contribution in [1.82, 2.24) is 10.2 Å². The van der Waals surface area contributed by atoms with E-state index < -0.39 is 0 Å². The Morgan fingerprint density at radius 1 is 1.33 bits per heavy atom. The molecule has 1 atom stereocenters. The van der Waals surface area contributed by atoms with Gasteiger partial charge in [0.1, 0.15) is 0 Å². The van der Waals surface area contributed by atoms with Gasteiger partial charge < -0.3 is 10.6 Å². The number of carbonyl (C=O) groups is 1. The summed E-state index contributed by atoms with van der Waals surface area (Å²) in [4.78, 5) is 12.2. The number of nitrogens with zero attached hydrogens (tertiary/aromatic N) is 2. The van der Waals surface area contributed by atoms with Crippen molar-refractivity contribution in [3.8, 4) is 0 Å². The first-order valence-corrected chi connectivity index (χ1v) is 8.39. The summed E-state index contributed by atoms with van der Waals surface area (Å²) >= 11 is 14.8. The molecular weight excluding hydrogens is 351 g/mol. The van der Waals surface area contributed by atoms with E-state index >= 15 is 0 Å². The Hall–Kier alpha value is -1.02. The van der Waals surface area contributed by atoms with Gasteiger partial charge in [0.15, 0.2) is 4.34 Å². The van der Waals surface area contributed by atoms with E-state index in [9.17, 15) is 4.79 Å². The van der Waals surface area contributed by atoms with E-state index in [-0.39, 0.29) is 11.2 Å². The molecule has 0 spiro atoms. The first-order chi connectivity index (χ1) is 10.0. The van der Waals surface area contributed by atoms with Gasteiger partial charge in [0, 0.05) is 7.05 Å². The Morgan fingerprint density at radius 3 is 2.57 bits per heavy atom. The Morgan fingerprint density at radius 2 is 2.00 bits per heavy atom. The van der Waals surface area contributed by atoms with Gasteiger partial charge >= 0.3 is 0 Å². The minimum atomic E-state index is -0.352. The van der Waals surface area contributed by atoms with Gasteiger partial charge in [-0.15, -0.1) is 10.2 Å². The highest BCUT2D eigenvalue weighted by molar-refractivity contribution is 8.02. The average Bonchev–Trinajstić information content (AvgIpc) is 2.90. The molecule has 0 fully saturated rings. The molecule has 9 heteroatoms. The van der Waals surface area contributed by atoms with Crippen molar-refractivity contribution in [3.05, 3.63) is 28.2 Å². The molecular formula is C12H12Cl2N4OS2. The van der Waals surface area contributed by atoms with Crippen LogP contribution in [-0.4, -0.2) is 28.4 Å². The minimum Gasteiger partial charge on any atom is -0.363 e. The first-order valence-electron chi connectivity index (χ1n) is 5.94. The molecule has 0 aliphatic carbocycles. The molecule has 0 saturated heterocycles. The van der Waals surface area contributed by atoms with Crippen molar-refractivity contribution >= 4 is 63.0 Å². The number of nitrogens with one attached hydrogen (secondary N) is 2. The highest BCUT2D eigenvalue weighted by atomic mass is 35.5. The van der Waals surface area contributed by atoms with Crippen LogP contribution in [0.1, 0.15) is 6.92 Å². The fourth-order valence-corrected chi connectivity index (χ4v) is 3.75. The maximum absolute atomic E-state index is 12.2. The Kier molecular flexibility index (Phi) is 5.69. The summed E-state index contributed by atoms with van der Waals surface area (Å²) in [7, 11) is 1.77. The van der Waals surface area contributed by atoms with Crippen LogP contribution in [0.4, 0.5) is 10.8 Å². The molecule has 1 amide bonds. The number of anilines is 2. The fourth-order valence-electron chi connectivity index (χ4n) is 1.41. The van der Waals surface area contributed by atoms with Crippen LogP contribution in [0.5, 0.6) is 0 Å². The summed E-state index contributed by atoms with van der Waals surface area (Å²) in [5, 5.41) is 14.7. The summed E-state index contributed by atoms with van der Waals surface area (Å²) in [6.45, 7) is 1.78. The molecule has 21 heavy (non-hydrogen) atoms. The molecule has 0 aliphatic rings. The van der Waals surface area contributed by atoms with Crippen LogP contribution >= 0.6 is 46.3 Å². The van der Waals surface area contributed by atoms with Gasteiger partial charge in [-0.25, -0.2) is 0 Å². The molecule has 0 aliphatic heterocycles. The molecule has 1 heterocycles. The second-order valence-electron chi connectivity index (χ2n) is 3.97. The zero-order valence-corrected chi connectivity index (χ0v) is 14.3. The van der Waals surface area contributed by atoms with E-state index in [1.54, 1.807) is 32.2 Å². The monoisotopic (exact) mass is 362 g/mol. The summed E-state index contributed by atoms with van der Waals surface area (Å²) in [5.74, 6) is -0.198. The summed E-state index contributed by atoms with van der Waals surface area (Å²) in [6.07, 6.45) is 0. The quantitative estimate of drug-likeness (QED) is 0.786.